The molecule has 2 fully saturated rings. The number of carbonyl (C=O) groups is 1. The molecule has 0 bridgehead atoms. The van der Waals surface area contributed by atoms with Crippen LogP contribution in [-0.2, 0) is 26.1 Å². The van der Waals surface area contributed by atoms with E-state index in [1.54, 1.807) is 17.0 Å². The van der Waals surface area contributed by atoms with Gasteiger partial charge in [-0.1, -0.05) is 12.1 Å². The predicted octanol–water partition coefficient (Wildman–Crippen LogP) is 1.89. The van der Waals surface area contributed by atoms with E-state index in [2.05, 4.69) is 0 Å². The third-order valence-corrected chi connectivity index (χ3v) is 7.13. The minimum atomic E-state index is -3.58. The van der Waals surface area contributed by atoms with Crippen molar-refractivity contribution < 1.29 is 27.1 Å². The number of hydrogen-bond acceptors (Lipinski definition) is 5. The van der Waals surface area contributed by atoms with E-state index in [0.717, 1.165) is 5.56 Å². The summed E-state index contributed by atoms with van der Waals surface area (Å²) in [4.78, 5) is 14.4. The average Bonchev–Trinajstić information content (AvgIpc) is 2.73. The Labute approximate surface area is 175 Å². The van der Waals surface area contributed by atoms with Crippen LogP contribution in [0.5, 0.6) is 0 Å². The first-order chi connectivity index (χ1) is 14.4. The molecule has 0 aromatic heterocycles. The number of amides is 1. The molecule has 0 saturated carbocycles. The number of benzene rings is 2. The van der Waals surface area contributed by atoms with E-state index >= 15 is 0 Å². The Morgan fingerprint density at radius 3 is 2.47 bits per heavy atom. The first-order valence-electron chi connectivity index (χ1n) is 9.77. The maximum Gasteiger partial charge on any atom is 0.254 e. The Morgan fingerprint density at radius 2 is 1.80 bits per heavy atom. The van der Waals surface area contributed by atoms with Crippen molar-refractivity contribution in [3.8, 4) is 0 Å². The van der Waals surface area contributed by atoms with Crippen LogP contribution in [0.3, 0.4) is 0 Å². The standard InChI is InChI=1S/C21H23FN2O5S/c22-18-3-1-2-16(12-18)15-29-19-13-23(14-19)21(25)17-4-6-20(7-5-17)30(26,27)24-8-10-28-11-9-24/h1-7,12,19H,8-11,13-15H2. The number of carbonyl (C=O) groups excluding carboxylic acids is 1. The quantitative estimate of drug-likeness (QED) is 0.694. The molecule has 2 aromatic rings. The van der Waals surface area contributed by atoms with E-state index in [1.807, 2.05) is 0 Å². The molecule has 9 heteroatoms. The highest BCUT2D eigenvalue weighted by Gasteiger charge is 2.32. The van der Waals surface area contributed by atoms with Gasteiger partial charge in [-0.25, -0.2) is 12.8 Å². The molecule has 2 heterocycles. The Hall–Kier alpha value is -2.33. The molecular weight excluding hydrogens is 411 g/mol. The highest BCUT2D eigenvalue weighted by molar-refractivity contribution is 7.89. The molecule has 0 aliphatic carbocycles. The maximum absolute atomic E-state index is 13.2. The number of rotatable bonds is 6. The topological polar surface area (TPSA) is 76.2 Å². The van der Waals surface area contributed by atoms with Crippen LogP contribution in [0.4, 0.5) is 4.39 Å². The summed E-state index contributed by atoms with van der Waals surface area (Å²) in [6, 6.07) is 12.2. The number of ether oxygens (including phenoxy) is 2. The van der Waals surface area contributed by atoms with Crippen LogP contribution >= 0.6 is 0 Å². The highest BCUT2D eigenvalue weighted by atomic mass is 32.2. The Morgan fingerprint density at radius 1 is 1.10 bits per heavy atom. The fourth-order valence-corrected chi connectivity index (χ4v) is 4.85. The van der Waals surface area contributed by atoms with Gasteiger partial charge in [0.1, 0.15) is 5.82 Å². The lowest BCUT2D eigenvalue weighted by molar-refractivity contribution is -0.0503. The lowest BCUT2D eigenvalue weighted by Crippen LogP contribution is -2.54. The van der Waals surface area contributed by atoms with Crippen LogP contribution in [0, 0.1) is 5.82 Å². The second kappa shape index (κ2) is 8.81. The van der Waals surface area contributed by atoms with Crippen LogP contribution in [-0.4, -0.2) is 69.0 Å². The van der Waals surface area contributed by atoms with Gasteiger partial charge in [0.2, 0.25) is 10.0 Å². The van der Waals surface area contributed by atoms with E-state index in [9.17, 15) is 17.6 Å². The number of sulfonamides is 1. The molecule has 2 aromatic carbocycles. The van der Waals surface area contributed by atoms with Crippen molar-refractivity contribution in [1.82, 2.24) is 9.21 Å². The van der Waals surface area contributed by atoms with Crippen molar-refractivity contribution in [1.29, 1.82) is 0 Å². The Bertz CT molecular complexity index is 1000. The fraction of sp³-hybridized carbons (Fsp3) is 0.381. The van der Waals surface area contributed by atoms with Crippen LogP contribution in [0.25, 0.3) is 0 Å². The molecule has 0 N–H and O–H groups in total. The van der Waals surface area contributed by atoms with Crippen molar-refractivity contribution in [2.75, 3.05) is 39.4 Å². The fourth-order valence-electron chi connectivity index (χ4n) is 3.44. The number of morpholine rings is 1. The predicted molar refractivity (Wildman–Crippen MR) is 107 cm³/mol. The van der Waals surface area contributed by atoms with E-state index < -0.39 is 10.0 Å². The second-order valence-electron chi connectivity index (χ2n) is 7.31. The van der Waals surface area contributed by atoms with Crippen LogP contribution < -0.4 is 0 Å². The summed E-state index contributed by atoms with van der Waals surface area (Å²) in [5, 5.41) is 0. The summed E-state index contributed by atoms with van der Waals surface area (Å²) in [6.45, 7) is 2.60. The molecule has 2 aliphatic heterocycles. The molecule has 1 amide bonds. The van der Waals surface area contributed by atoms with E-state index in [4.69, 9.17) is 9.47 Å². The lowest BCUT2D eigenvalue weighted by Gasteiger charge is -2.39. The molecule has 30 heavy (non-hydrogen) atoms. The van der Waals surface area contributed by atoms with Gasteiger partial charge in [0.05, 0.1) is 30.8 Å². The van der Waals surface area contributed by atoms with Gasteiger partial charge in [-0.3, -0.25) is 4.79 Å². The summed E-state index contributed by atoms with van der Waals surface area (Å²) in [7, 11) is -3.58. The van der Waals surface area contributed by atoms with E-state index in [1.165, 1.54) is 40.7 Å². The van der Waals surface area contributed by atoms with Gasteiger partial charge in [-0.2, -0.15) is 4.31 Å². The van der Waals surface area contributed by atoms with Gasteiger partial charge in [0.25, 0.3) is 5.91 Å². The maximum atomic E-state index is 13.2. The first-order valence-corrected chi connectivity index (χ1v) is 11.2. The number of nitrogens with zero attached hydrogens (tertiary/aromatic N) is 2. The summed E-state index contributed by atoms with van der Waals surface area (Å²) in [5.74, 6) is -0.475. The van der Waals surface area contributed by atoms with E-state index in [0.29, 0.717) is 51.6 Å². The number of hydrogen-bond donors (Lipinski definition) is 0. The number of likely N-dealkylation sites (tertiary alicyclic amines) is 1. The minimum Gasteiger partial charge on any atom is -0.379 e. The first kappa shape index (κ1) is 20.9. The molecule has 0 spiro atoms. The van der Waals surface area contributed by atoms with E-state index in [-0.39, 0.29) is 22.7 Å². The van der Waals surface area contributed by atoms with Crippen LogP contribution in [0.1, 0.15) is 15.9 Å². The summed E-state index contributed by atoms with van der Waals surface area (Å²) >= 11 is 0. The molecule has 2 aliphatic rings. The molecule has 4 rings (SSSR count). The van der Waals surface area contributed by atoms with Gasteiger partial charge in [-0.15, -0.1) is 0 Å². The average molecular weight is 434 g/mol. The zero-order valence-corrected chi connectivity index (χ0v) is 17.2. The van der Waals surface area contributed by atoms with Crippen molar-refractivity contribution in [2.24, 2.45) is 0 Å². The Kier molecular flexibility index (Phi) is 6.14. The Balaban J connectivity index is 1.30. The minimum absolute atomic E-state index is 0.0989. The summed E-state index contributed by atoms with van der Waals surface area (Å²) in [6.07, 6.45) is -0.0989. The van der Waals surface area contributed by atoms with Gasteiger partial charge in [-0.05, 0) is 42.0 Å². The molecule has 7 nitrogen and oxygen atoms in total. The SMILES string of the molecule is O=C(c1ccc(S(=O)(=O)N2CCOCC2)cc1)N1CC(OCc2cccc(F)c2)C1. The van der Waals surface area contributed by atoms with Crippen LogP contribution in [0.2, 0.25) is 0 Å². The zero-order valence-electron chi connectivity index (χ0n) is 16.4. The monoisotopic (exact) mass is 434 g/mol. The van der Waals surface area contributed by atoms with Gasteiger partial charge in [0.15, 0.2) is 0 Å². The summed E-state index contributed by atoms with van der Waals surface area (Å²) < 4.78 is 50.8. The largest absolute Gasteiger partial charge is 0.379 e. The summed E-state index contributed by atoms with van der Waals surface area (Å²) in [5.41, 5.74) is 1.18. The van der Waals surface area contributed by atoms with Gasteiger partial charge in [0, 0.05) is 31.7 Å². The van der Waals surface area contributed by atoms with Crippen molar-refractivity contribution in [3.05, 3.63) is 65.5 Å². The number of halogens is 1. The highest BCUT2D eigenvalue weighted by Crippen LogP contribution is 2.21. The smallest absolute Gasteiger partial charge is 0.254 e. The third-order valence-electron chi connectivity index (χ3n) is 5.22. The zero-order chi connectivity index (χ0) is 21.1. The molecule has 160 valence electrons. The normalized spacial score (nSPS) is 18.2. The molecular formula is C21H23FN2O5S. The van der Waals surface area contributed by atoms with Crippen molar-refractivity contribution in [2.45, 2.75) is 17.6 Å². The van der Waals surface area contributed by atoms with Gasteiger partial charge >= 0.3 is 0 Å². The molecule has 2 saturated heterocycles. The van der Waals surface area contributed by atoms with Crippen LogP contribution in [0.15, 0.2) is 53.4 Å². The van der Waals surface area contributed by atoms with Gasteiger partial charge < -0.3 is 14.4 Å². The molecule has 0 atom stereocenters. The third kappa shape index (κ3) is 4.54. The molecule has 0 radical (unpaired) electrons. The van der Waals surface area contributed by atoms with Crippen molar-refractivity contribution >= 4 is 15.9 Å². The van der Waals surface area contributed by atoms with Crippen molar-refractivity contribution in [3.63, 3.8) is 0 Å². The second-order valence-corrected chi connectivity index (χ2v) is 9.25. The lowest BCUT2D eigenvalue weighted by atomic mass is 10.1. The molecule has 0 unspecified atom stereocenters.